The molecule has 8 heteroatoms. The normalized spacial score (nSPS) is 27.4. The summed E-state index contributed by atoms with van der Waals surface area (Å²) in [6.07, 6.45) is 7.13. The maximum Gasteiger partial charge on any atom is 0.211 e. The second-order valence-corrected chi connectivity index (χ2v) is 10.1. The molecule has 3 fully saturated rings. The summed E-state index contributed by atoms with van der Waals surface area (Å²) in [7, 11) is -1.17. The fourth-order valence-electron chi connectivity index (χ4n) is 4.52. The predicted molar refractivity (Wildman–Crippen MR) is 106 cm³/mol. The molecular weight excluding hydrogens is 350 g/mol. The van der Waals surface area contributed by atoms with E-state index >= 15 is 0 Å². The summed E-state index contributed by atoms with van der Waals surface area (Å²) < 4.78 is 24.8. The van der Waals surface area contributed by atoms with E-state index in [2.05, 4.69) is 20.1 Å². The first kappa shape index (κ1) is 19.9. The molecule has 3 heterocycles. The van der Waals surface area contributed by atoms with Gasteiger partial charge in [0.05, 0.1) is 6.26 Å². The molecule has 0 saturated carbocycles. The van der Waals surface area contributed by atoms with E-state index in [0.717, 1.165) is 44.4 Å². The topological polar surface area (TPSA) is 68.2 Å². The standard InChI is InChI=1S/C18H35N5O2S/c1-19-18(20-13-16-6-11-23(12-7-16)26(2,24)25)22-10-5-17(15-22)14-21-8-3-4-9-21/h16-17H,3-15H2,1-2H3,(H,19,20). The molecule has 0 radical (unpaired) electrons. The number of rotatable bonds is 5. The van der Waals surface area contributed by atoms with Crippen LogP contribution in [0.3, 0.4) is 0 Å². The number of guanidine groups is 1. The largest absolute Gasteiger partial charge is 0.356 e. The van der Waals surface area contributed by atoms with Gasteiger partial charge >= 0.3 is 0 Å². The molecule has 7 nitrogen and oxygen atoms in total. The van der Waals surface area contributed by atoms with Gasteiger partial charge in [-0.25, -0.2) is 12.7 Å². The Labute approximate surface area is 158 Å². The molecule has 3 rings (SSSR count). The van der Waals surface area contributed by atoms with E-state index in [1.54, 1.807) is 4.31 Å². The van der Waals surface area contributed by atoms with Gasteiger partial charge in [0, 0.05) is 46.3 Å². The van der Waals surface area contributed by atoms with Crippen LogP contribution in [0, 0.1) is 11.8 Å². The number of nitrogens with one attached hydrogen (secondary N) is 1. The number of likely N-dealkylation sites (tertiary alicyclic amines) is 2. The third-order valence-corrected chi connectivity index (χ3v) is 7.41. The lowest BCUT2D eigenvalue weighted by Gasteiger charge is -2.31. The number of hydrogen-bond donors (Lipinski definition) is 1. The third kappa shape index (κ3) is 5.33. The van der Waals surface area contributed by atoms with E-state index in [4.69, 9.17) is 0 Å². The van der Waals surface area contributed by atoms with Gasteiger partial charge in [-0.05, 0) is 57.0 Å². The molecule has 1 unspecified atom stereocenters. The van der Waals surface area contributed by atoms with Crippen LogP contribution < -0.4 is 5.32 Å². The highest BCUT2D eigenvalue weighted by atomic mass is 32.2. The average molecular weight is 386 g/mol. The summed E-state index contributed by atoms with van der Waals surface area (Å²) in [6, 6.07) is 0. The molecule has 3 aliphatic heterocycles. The third-order valence-electron chi connectivity index (χ3n) is 6.10. The van der Waals surface area contributed by atoms with Crippen molar-refractivity contribution in [3.05, 3.63) is 0 Å². The highest BCUT2D eigenvalue weighted by molar-refractivity contribution is 7.88. The van der Waals surface area contributed by atoms with Gasteiger partial charge in [0.1, 0.15) is 0 Å². The Kier molecular flexibility index (Phi) is 6.80. The minimum Gasteiger partial charge on any atom is -0.356 e. The fourth-order valence-corrected chi connectivity index (χ4v) is 5.39. The van der Waals surface area contributed by atoms with Gasteiger partial charge < -0.3 is 15.1 Å². The van der Waals surface area contributed by atoms with E-state index in [9.17, 15) is 8.42 Å². The van der Waals surface area contributed by atoms with E-state index in [0.29, 0.717) is 19.0 Å². The zero-order valence-corrected chi connectivity index (χ0v) is 17.2. The minimum absolute atomic E-state index is 0.521. The van der Waals surface area contributed by atoms with Crippen molar-refractivity contribution in [1.29, 1.82) is 0 Å². The molecule has 0 aliphatic carbocycles. The number of piperidine rings is 1. The smallest absolute Gasteiger partial charge is 0.211 e. The van der Waals surface area contributed by atoms with E-state index < -0.39 is 10.0 Å². The van der Waals surface area contributed by atoms with Crippen LogP contribution in [0.25, 0.3) is 0 Å². The van der Waals surface area contributed by atoms with E-state index in [1.165, 1.54) is 45.2 Å². The van der Waals surface area contributed by atoms with Crippen LogP contribution in [0.2, 0.25) is 0 Å². The molecule has 26 heavy (non-hydrogen) atoms. The summed E-state index contributed by atoms with van der Waals surface area (Å²) in [5.74, 6) is 2.29. The maximum absolute atomic E-state index is 11.6. The second-order valence-electron chi connectivity index (χ2n) is 8.14. The molecule has 3 saturated heterocycles. The highest BCUT2D eigenvalue weighted by Crippen LogP contribution is 2.21. The van der Waals surface area contributed by atoms with Gasteiger partial charge in [-0.2, -0.15) is 0 Å². The van der Waals surface area contributed by atoms with Crippen molar-refractivity contribution >= 4 is 16.0 Å². The molecular formula is C18H35N5O2S. The monoisotopic (exact) mass is 385 g/mol. The Bertz CT molecular complexity index is 580. The molecule has 150 valence electrons. The Balaban J connectivity index is 1.40. The first-order valence-electron chi connectivity index (χ1n) is 10.1. The van der Waals surface area contributed by atoms with Crippen molar-refractivity contribution in [2.75, 3.05) is 65.7 Å². The molecule has 0 aromatic heterocycles. The Morgan fingerprint density at radius 3 is 2.31 bits per heavy atom. The van der Waals surface area contributed by atoms with Crippen LogP contribution in [-0.4, -0.2) is 94.1 Å². The Morgan fingerprint density at radius 2 is 1.69 bits per heavy atom. The quantitative estimate of drug-likeness (QED) is 0.556. The molecule has 0 aromatic rings. The second kappa shape index (κ2) is 8.89. The predicted octanol–water partition coefficient (Wildman–Crippen LogP) is 0.651. The summed E-state index contributed by atoms with van der Waals surface area (Å²) in [4.78, 5) is 9.49. The van der Waals surface area contributed by atoms with Crippen molar-refractivity contribution in [1.82, 2.24) is 19.4 Å². The van der Waals surface area contributed by atoms with Crippen LogP contribution in [0.1, 0.15) is 32.1 Å². The fraction of sp³-hybridized carbons (Fsp3) is 0.944. The van der Waals surface area contributed by atoms with Gasteiger partial charge in [-0.3, -0.25) is 4.99 Å². The summed E-state index contributed by atoms with van der Waals surface area (Å²) in [5.41, 5.74) is 0. The Hall–Kier alpha value is -0.860. The van der Waals surface area contributed by atoms with Crippen LogP contribution in [0.15, 0.2) is 4.99 Å². The lowest BCUT2D eigenvalue weighted by molar-refractivity contribution is 0.271. The summed E-state index contributed by atoms with van der Waals surface area (Å²) in [6.45, 7) is 8.14. The van der Waals surface area contributed by atoms with Crippen molar-refractivity contribution in [2.24, 2.45) is 16.8 Å². The number of nitrogens with zero attached hydrogens (tertiary/aromatic N) is 4. The molecule has 0 amide bonds. The van der Waals surface area contributed by atoms with E-state index in [-0.39, 0.29) is 0 Å². The van der Waals surface area contributed by atoms with Gasteiger partial charge in [0.15, 0.2) is 5.96 Å². The first-order valence-corrected chi connectivity index (χ1v) is 11.9. The van der Waals surface area contributed by atoms with Gasteiger partial charge in [-0.1, -0.05) is 0 Å². The number of aliphatic imine (C=N–C) groups is 1. The van der Waals surface area contributed by atoms with Crippen molar-refractivity contribution in [3.8, 4) is 0 Å². The molecule has 1 atom stereocenters. The zero-order valence-electron chi connectivity index (χ0n) is 16.4. The van der Waals surface area contributed by atoms with Gasteiger partial charge in [0.25, 0.3) is 0 Å². The lowest BCUT2D eigenvalue weighted by atomic mass is 9.98. The Morgan fingerprint density at radius 1 is 1.04 bits per heavy atom. The van der Waals surface area contributed by atoms with Crippen molar-refractivity contribution in [2.45, 2.75) is 32.1 Å². The molecule has 0 bridgehead atoms. The first-order chi connectivity index (χ1) is 12.5. The van der Waals surface area contributed by atoms with Crippen LogP contribution in [-0.2, 0) is 10.0 Å². The number of hydrogen-bond acceptors (Lipinski definition) is 4. The van der Waals surface area contributed by atoms with Crippen molar-refractivity contribution in [3.63, 3.8) is 0 Å². The van der Waals surface area contributed by atoms with Gasteiger partial charge in [0.2, 0.25) is 10.0 Å². The van der Waals surface area contributed by atoms with Crippen LogP contribution in [0.5, 0.6) is 0 Å². The van der Waals surface area contributed by atoms with Crippen molar-refractivity contribution < 1.29 is 8.42 Å². The number of sulfonamides is 1. The summed E-state index contributed by atoms with van der Waals surface area (Å²) >= 11 is 0. The lowest BCUT2D eigenvalue weighted by Crippen LogP contribution is -2.45. The SMILES string of the molecule is CN=C(NCC1CCN(S(C)(=O)=O)CC1)N1CCC(CN2CCCC2)C1. The molecule has 0 spiro atoms. The molecule has 0 aromatic carbocycles. The molecule has 1 N–H and O–H groups in total. The van der Waals surface area contributed by atoms with E-state index in [1.807, 2.05) is 7.05 Å². The van der Waals surface area contributed by atoms with Gasteiger partial charge in [-0.15, -0.1) is 0 Å². The summed E-state index contributed by atoms with van der Waals surface area (Å²) in [5, 5.41) is 3.54. The van der Waals surface area contributed by atoms with Crippen LogP contribution in [0.4, 0.5) is 0 Å². The maximum atomic E-state index is 11.6. The average Bonchev–Trinajstić information content (AvgIpc) is 3.28. The highest BCUT2D eigenvalue weighted by Gasteiger charge is 2.28. The minimum atomic E-state index is -3.04. The molecule has 3 aliphatic rings. The zero-order chi connectivity index (χ0) is 18.6. The van der Waals surface area contributed by atoms with Crippen LogP contribution >= 0.6 is 0 Å².